The van der Waals surface area contributed by atoms with Crippen molar-refractivity contribution in [1.82, 2.24) is 9.80 Å². The number of methoxy groups -OCH3 is 1. The van der Waals surface area contributed by atoms with Gasteiger partial charge in [-0.3, -0.25) is 9.59 Å². The minimum atomic E-state index is -0.667. The number of hydrogen-bond donors (Lipinski definition) is 1. The fourth-order valence-electron chi connectivity index (χ4n) is 3.71. The maximum Gasteiger partial charge on any atom is 0.265 e. The molecule has 2 aliphatic heterocycles. The maximum atomic E-state index is 12.9. The smallest absolute Gasteiger partial charge is 0.265 e. The third-order valence-corrected chi connectivity index (χ3v) is 5.72. The van der Waals surface area contributed by atoms with Crippen molar-refractivity contribution < 1.29 is 19.1 Å². The molecule has 7 nitrogen and oxygen atoms in total. The summed E-state index contributed by atoms with van der Waals surface area (Å²) in [5.74, 6) is 0.785. The molecule has 2 heterocycles. The van der Waals surface area contributed by atoms with E-state index in [1.165, 1.54) is 7.11 Å². The highest BCUT2D eigenvalue weighted by atomic mass is 35.5. The van der Waals surface area contributed by atoms with Gasteiger partial charge in [-0.25, -0.2) is 0 Å². The van der Waals surface area contributed by atoms with Gasteiger partial charge >= 0.3 is 0 Å². The van der Waals surface area contributed by atoms with Crippen LogP contribution in [0, 0.1) is 0 Å². The summed E-state index contributed by atoms with van der Waals surface area (Å²) in [6.45, 7) is 3.05. The molecular formula is C22H24ClN3O4. The molecule has 2 aromatic carbocycles. The van der Waals surface area contributed by atoms with E-state index in [1.807, 2.05) is 11.9 Å². The molecule has 30 heavy (non-hydrogen) atoms. The van der Waals surface area contributed by atoms with Crippen LogP contribution in [0.5, 0.6) is 11.5 Å². The third-order valence-electron chi connectivity index (χ3n) is 5.48. The Kier molecular flexibility index (Phi) is 5.83. The standard InChI is InChI=1S/C22H24ClN3O4/c1-25-7-9-26(10-8-25)22(28)14-3-5-19(29-2)17(12-14)24-21(27)20-13-15-11-16(23)4-6-18(15)30-20/h3-6,11-12,20H,7-10,13H2,1-2H3,(H,24,27). The second-order valence-electron chi connectivity index (χ2n) is 7.56. The number of benzene rings is 2. The number of ether oxygens (including phenoxy) is 2. The van der Waals surface area contributed by atoms with Crippen LogP contribution in [0.3, 0.4) is 0 Å². The summed E-state index contributed by atoms with van der Waals surface area (Å²) < 4.78 is 11.1. The molecule has 0 aromatic heterocycles. The van der Waals surface area contributed by atoms with E-state index >= 15 is 0 Å². The fourth-order valence-corrected chi connectivity index (χ4v) is 3.90. The summed E-state index contributed by atoms with van der Waals surface area (Å²) >= 11 is 6.03. The zero-order valence-electron chi connectivity index (χ0n) is 17.0. The van der Waals surface area contributed by atoms with Gasteiger partial charge in [-0.05, 0) is 49.0 Å². The van der Waals surface area contributed by atoms with Crippen LogP contribution in [0.25, 0.3) is 0 Å². The van der Waals surface area contributed by atoms with Gasteiger partial charge in [-0.1, -0.05) is 11.6 Å². The third kappa shape index (κ3) is 4.22. The van der Waals surface area contributed by atoms with Crippen molar-refractivity contribution in [2.75, 3.05) is 45.7 Å². The predicted molar refractivity (Wildman–Crippen MR) is 115 cm³/mol. The van der Waals surface area contributed by atoms with Crippen LogP contribution in [-0.4, -0.2) is 68.1 Å². The second-order valence-corrected chi connectivity index (χ2v) is 8.00. The Morgan fingerprint density at radius 3 is 2.63 bits per heavy atom. The number of nitrogens with zero attached hydrogens (tertiary/aromatic N) is 2. The number of rotatable bonds is 4. The highest BCUT2D eigenvalue weighted by Gasteiger charge is 2.30. The molecule has 0 radical (unpaired) electrons. The second kappa shape index (κ2) is 8.53. The van der Waals surface area contributed by atoms with Crippen LogP contribution in [-0.2, 0) is 11.2 Å². The zero-order chi connectivity index (χ0) is 21.3. The van der Waals surface area contributed by atoms with Gasteiger partial charge < -0.3 is 24.6 Å². The van der Waals surface area contributed by atoms with Gasteiger partial charge in [0.1, 0.15) is 11.5 Å². The quantitative estimate of drug-likeness (QED) is 0.809. The zero-order valence-corrected chi connectivity index (χ0v) is 17.7. The average molecular weight is 430 g/mol. The number of hydrogen-bond acceptors (Lipinski definition) is 5. The van der Waals surface area contributed by atoms with Crippen molar-refractivity contribution in [3.05, 3.63) is 52.5 Å². The van der Waals surface area contributed by atoms with E-state index in [4.69, 9.17) is 21.1 Å². The number of amides is 2. The molecule has 1 atom stereocenters. The van der Waals surface area contributed by atoms with Crippen molar-refractivity contribution in [3.63, 3.8) is 0 Å². The molecule has 1 fully saturated rings. The molecule has 8 heteroatoms. The topological polar surface area (TPSA) is 71.1 Å². The summed E-state index contributed by atoms with van der Waals surface area (Å²) in [5, 5.41) is 3.46. The van der Waals surface area contributed by atoms with E-state index in [2.05, 4.69) is 10.2 Å². The summed E-state index contributed by atoms with van der Waals surface area (Å²) in [7, 11) is 3.57. The first-order valence-corrected chi connectivity index (χ1v) is 10.2. The number of carbonyl (C=O) groups excluding carboxylic acids is 2. The molecule has 0 aliphatic carbocycles. The Morgan fingerprint density at radius 1 is 1.13 bits per heavy atom. The minimum Gasteiger partial charge on any atom is -0.495 e. The number of piperazine rings is 1. The molecule has 0 bridgehead atoms. The van der Waals surface area contributed by atoms with Crippen LogP contribution in [0.4, 0.5) is 5.69 Å². The lowest BCUT2D eigenvalue weighted by Crippen LogP contribution is -2.47. The van der Waals surface area contributed by atoms with E-state index in [0.717, 1.165) is 18.7 Å². The van der Waals surface area contributed by atoms with E-state index in [-0.39, 0.29) is 11.8 Å². The Labute approximate surface area is 180 Å². The Hall–Kier alpha value is -2.77. The van der Waals surface area contributed by atoms with E-state index in [1.54, 1.807) is 36.4 Å². The first-order valence-electron chi connectivity index (χ1n) is 9.86. The Bertz CT molecular complexity index is 973. The number of anilines is 1. The summed E-state index contributed by atoms with van der Waals surface area (Å²) in [4.78, 5) is 29.7. The van der Waals surface area contributed by atoms with Crippen molar-refractivity contribution in [2.45, 2.75) is 12.5 Å². The van der Waals surface area contributed by atoms with Crippen LogP contribution in [0.1, 0.15) is 15.9 Å². The first kappa shape index (κ1) is 20.5. The Morgan fingerprint density at radius 2 is 1.90 bits per heavy atom. The van der Waals surface area contributed by atoms with Crippen molar-refractivity contribution in [3.8, 4) is 11.5 Å². The molecule has 4 rings (SSSR count). The fraction of sp³-hybridized carbons (Fsp3) is 0.364. The Balaban J connectivity index is 1.49. The van der Waals surface area contributed by atoms with Crippen LogP contribution in [0.15, 0.2) is 36.4 Å². The number of nitrogens with one attached hydrogen (secondary N) is 1. The van der Waals surface area contributed by atoms with Gasteiger partial charge in [-0.15, -0.1) is 0 Å². The molecular weight excluding hydrogens is 406 g/mol. The molecule has 0 saturated carbocycles. The highest BCUT2D eigenvalue weighted by molar-refractivity contribution is 6.30. The molecule has 1 saturated heterocycles. The van der Waals surface area contributed by atoms with E-state index in [9.17, 15) is 9.59 Å². The van der Waals surface area contributed by atoms with Gasteiger partial charge in [-0.2, -0.15) is 0 Å². The summed E-state index contributed by atoms with van der Waals surface area (Å²) in [6.07, 6.45) is -0.232. The van der Waals surface area contributed by atoms with Gasteiger partial charge in [0.25, 0.3) is 11.8 Å². The SMILES string of the molecule is COc1ccc(C(=O)N2CCN(C)CC2)cc1NC(=O)C1Cc2cc(Cl)ccc2O1. The monoisotopic (exact) mass is 429 g/mol. The molecule has 1 unspecified atom stereocenters. The van der Waals surface area contributed by atoms with Gasteiger partial charge in [0.15, 0.2) is 6.10 Å². The molecule has 158 valence electrons. The summed E-state index contributed by atoms with van der Waals surface area (Å²) in [6, 6.07) is 10.4. The van der Waals surface area contributed by atoms with E-state index in [0.29, 0.717) is 47.3 Å². The van der Waals surface area contributed by atoms with E-state index < -0.39 is 6.10 Å². The minimum absolute atomic E-state index is 0.0552. The average Bonchev–Trinajstić information content (AvgIpc) is 3.17. The normalized spacial score (nSPS) is 18.5. The lowest BCUT2D eigenvalue weighted by Gasteiger charge is -2.32. The number of likely N-dealkylation sites (N-methyl/N-ethyl adjacent to an activating group) is 1. The summed E-state index contributed by atoms with van der Waals surface area (Å²) in [5.41, 5.74) is 1.85. The number of carbonyl (C=O) groups is 2. The molecule has 2 aliphatic rings. The lowest BCUT2D eigenvalue weighted by atomic mass is 10.1. The van der Waals surface area contributed by atoms with Gasteiger partial charge in [0, 0.05) is 43.2 Å². The predicted octanol–water partition coefficient (Wildman–Crippen LogP) is 2.68. The van der Waals surface area contributed by atoms with Gasteiger partial charge in [0.2, 0.25) is 0 Å². The first-order chi connectivity index (χ1) is 14.4. The maximum absolute atomic E-state index is 12.9. The van der Waals surface area contributed by atoms with Crippen molar-refractivity contribution in [1.29, 1.82) is 0 Å². The molecule has 2 aromatic rings. The number of fused-ring (bicyclic) bond motifs is 1. The lowest BCUT2D eigenvalue weighted by molar-refractivity contribution is -0.122. The van der Waals surface area contributed by atoms with Crippen molar-refractivity contribution in [2.24, 2.45) is 0 Å². The molecule has 0 spiro atoms. The largest absolute Gasteiger partial charge is 0.495 e. The van der Waals surface area contributed by atoms with Crippen LogP contribution < -0.4 is 14.8 Å². The van der Waals surface area contributed by atoms with Crippen LogP contribution >= 0.6 is 11.6 Å². The van der Waals surface area contributed by atoms with Crippen molar-refractivity contribution >= 4 is 29.1 Å². The number of halogens is 1. The van der Waals surface area contributed by atoms with Gasteiger partial charge in [0.05, 0.1) is 12.8 Å². The molecule has 2 amide bonds. The van der Waals surface area contributed by atoms with Crippen LogP contribution in [0.2, 0.25) is 5.02 Å². The molecule has 1 N–H and O–H groups in total. The highest BCUT2D eigenvalue weighted by Crippen LogP contribution is 2.32.